The summed E-state index contributed by atoms with van der Waals surface area (Å²) in [6, 6.07) is 0.692. The number of hydrogen-bond donors (Lipinski definition) is 1. The highest BCUT2D eigenvalue weighted by molar-refractivity contribution is 6.37. The lowest BCUT2D eigenvalue weighted by molar-refractivity contribution is -0.152. The molecule has 0 bridgehead atoms. The molecule has 7 heteroatoms. The van der Waals surface area contributed by atoms with Crippen LogP contribution in [0.25, 0.3) is 0 Å². The topological polar surface area (TPSA) is 55.4 Å². The molecule has 92 valence electrons. The summed E-state index contributed by atoms with van der Waals surface area (Å²) >= 11 is 0. The third-order valence-electron chi connectivity index (χ3n) is 1.72. The van der Waals surface area contributed by atoms with Crippen LogP contribution in [-0.4, -0.2) is 18.5 Å². The average Bonchev–Trinajstić information content (AvgIpc) is 2.26. The minimum atomic E-state index is -1.39. The molecule has 1 aromatic rings. The van der Waals surface area contributed by atoms with E-state index in [4.69, 9.17) is 0 Å². The van der Waals surface area contributed by atoms with Crippen LogP contribution in [0.1, 0.15) is 6.92 Å². The number of carbonyl (C=O) groups excluding carboxylic acids is 2. The summed E-state index contributed by atoms with van der Waals surface area (Å²) in [7, 11) is 0. The maximum Gasteiger partial charge on any atom is 0.397 e. The molecule has 0 heterocycles. The van der Waals surface area contributed by atoms with Crippen LogP contribution < -0.4 is 5.32 Å². The second-order valence-corrected chi connectivity index (χ2v) is 2.92. The molecule has 4 nitrogen and oxygen atoms in total. The highest BCUT2D eigenvalue weighted by atomic mass is 19.2. The lowest BCUT2D eigenvalue weighted by atomic mass is 10.3. The molecule has 0 aliphatic heterocycles. The SMILES string of the molecule is CCOC(=O)C(=O)Nc1cc(F)c(F)cc1F. The quantitative estimate of drug-likeness (QED) is 0.490. The van der Waals surface area contributed by atoms with Gasteiger partial charge in [0.25, 0.3) is 0 Å². The Hall–Kier alpha value is -2.05. The fraction of sp³-hybridized carbons (Fsp3) is 0.200. The number of anilines is 1. The molecule has 0 unspecified atom stereocenters. The minimum Gasteiger partial charge on any atom is -0.459 e. The number of rotatable bonds is 2. The summed E-state index contributed by atoms with van der Waals surface area (Å²) in [4.78, 5) is 22.0. The van der Waals surface area contributed by atoms with Crippen molar-refractivity contribution < 1.29 is 27.5 Å². The molecule has 1 N–H and O–H groups in total. The molecule has 0 atom stereocenters. The zero-order valence-electron chi connectivity index (χ0n) is 8.72. The first-order valence-corrected chi connectivity index (χ1v) is 4.58. The van der Waals surface area contributed by atoms with Crippen LogP contribution in [0.15, 0.2) is 12.1 Å². The van der Waals surface area contributed by atoms with E-state index in [1.165, 1.54) is 6.92 Å². The Bertz CT molecular complexity index is 462. The molecule has 0 aromatic heterocycles. The molecule has 1 rings (SSSR count). The van der Waals surface area contributed by atoms with Gasteiger partial charge in [-0.1, -0.05) is 0 Å². The fourth-order valence-electron chi connectivity index (χ4n) is 0.988. The molecular formula is C10H8F3NO3. The van der Waals surface area contributed by atoms with Gasteiger partial charge in [-0.2, -0.15) is 0 Å². The highest BCUT2D eigenvalue weighted by Gasteiger charge is 2.18. The number of nitrogens with one attached hydrogen (secondary N) is 1. The molecule has 0 saturated carbocycles. The molecule has 1 aromatic carbocycles. The van der Waals surface area contributed by atoms with E-state index in [2.05, 4.69) is 4.74 Å². The van der Waals surface area contributed by atoms with E-state index in [1.54, 1.807) is 5.32 Å². The van der Waals surface area contributed by atoms with Crippen LogP contribution >= 0.6 is 0 Å². The number of benzene rings is 1. The molecule has 0 aliphatic carbocycles. The molecule has 0 spiro atoms. The number of halogens is 3. The average molecular weight is 247 g/mol. The van der Waals surface area contributed by atoms with Crippen molar-refractivity contribution >= 4 is 17.6 Å². The van der Waals surface area contributed by atoms with Gasteiger partial charge < -0.3 is 10.1 Å². The predicted octanol–water partition coefficient (Wildman–Crippen LogP) is 1.61. The van der Waals surface area contributed by atoms with Crippen molar-refractivity contribution in [3.63, 3.8) is 0 Å². The Morgan fingerprint density at radius 3 is 2.35 bits per heavy atom. The number of carbonyl (C=O) groups is 2. The van der Waals surface area contributed by atoms with Gasteiger partial charge in [-0.3, -0.25) is 4.79 Å². The van der Waals surface area contributed by atoms with Gasteiger partial charge in [0.05, 0.1) is 12.3 Å². The number of hydrogen-bond acceptors (Lipinski definition) is 3. The standard InChI is InChI=1S/C10H8F3NO3/c1-2-17-10(16)9(15)14-8-4-6(12)5(11)3-7(8)13/h3-4H,2H2,1H3,(H,14,15). The van der Waals surface area contributed by atoms with Gasteiger partial charge >= 0.3 is 11.9 Å². The summed E-state index contributed by atoms with van der Waals surface area (Å²) in [5.74, 6) is -6.43. The molecule has 1 amide bonds. The number of amides is 1. The second-order valence-electron chi connectivity index (χ2n) is 2.92. The maximum absolute atomic E-state index is 13.1. The summed E-state index contributed by atoms with van der Waals surface area (Å²) in [6.07, 6.45) is 0. The van der Waals surface area contributed by atoms with Gasteiger partial charge in [-0.05, 0) is 6.92 Å². The van der Waals surface area contributed by atoms with E-state index < -0.39 is 35.0 Å². The van der Waals surface area contributed by atoms with E-state index >= 15 is 0 Å². The molecular weight excluding hydrogens is 239 g/mol. The van der Waals surface area contributed by atoms with Gasteiger partial charge in [0.2, 0.25) is 0 Å². The third kappa shape index (κ3) is 3.20. The Morgan fingerprint density at radius 1 is 1.18 bits per heavy atom. The Morgan fingerprint density at radius 2 is 1.76 bits per heavy atom. The van der Waals surface area contributed by atoms with E-state index in [0.29, 0.717) is 6.07 Å². The van der Waals surface area contributed by atoms with Gasteiger partial charge in [0.1, 0.15) is 5.82 Å². The molecule has 0 fully saturated rings. The Kier molecular flexibility index (Phi) is 4.08. The van der Waals surface area contributed by atoms with Gasteiger partial charge in [0, 0.05) is 12.1 Å². The van der Waals surface area contributed by atoms with Crippen molar-refractivity contribution in [2.75, 3.05) is 11.9 Å². The summed E-state index contributed by atoms with van der Waals surface area (Å²) in [6.45, 7) is 1.44. The first-order chi connectivity index (χ1) is 7.95. The monoisotopic (exact) mass is 247 g/mol. The molecule has 0 radical (unpaired) electrons. The zero-order chi connectivity index (χ0) is 13.0. The second kappa shape index (κ2) is 5.33. The first kappa shape index (κ1) is 13.0. The fourth-order valence-corrected chi connectivity index (χ4v) is 0.988. The number of ether oxygens (including phenoxy) is 1. The largest absolute Gasteiger partial charge is 0.459 e. The van der Waals surface area contributed by atoms with Crippen molar-refractivity contribution in [3.05, 3.63) is 29.6 Å². The highest BCUT2D eigenvalue weighted by Crippen LogP contribution is 2.18. The third-order valence-corrected chi connectivity index (χ3v) is 1.72. The molecule has 17 heavy (non-hydrogen) atoms. The van der Waals surface area contributed by atoms with E-state index in [9.17, 15) is 22.8 Å². The van der Waals surface area contributed by atoms with Gasteiger partial charge in [0.15, 0.2) is 11.6 Å². The lowest BCUT2D eigenvalue weighted by Crippen LogP contribution is -2.25. The van der Waals surface area contributed by atoms with Crippen molar-refractivity contribution in [2.45, 2.75) is 6.92 Å². The molecule has 0 saturated heterocycles. The van der Waals surface area contributed by atoms with E-state index in [0.717, 1.165) is 0 Å². The van der Waals surface area contributed by atoms with Crippen LogP contribution in [0, 0.1) is 17.5 Å². The zero-order valence-corrected chi connectivity index (χ0v) is 8.72. The predicted molar refractivity (Wildman–Crippen MR) is 51.6 cm³/mol. The van der Waals surface area contributed by atoms with Crippen molar-refractivity contribution in [1.82, 2.24) is 0 Å². The van der Waals surface area contributed by atoms with E-state index in [1.807, 2.05) is 0 Å². The van der Waals surface area contributed by atoms with Crippen molar-refractivity contribution in [1.29, 1.82) is 0 Å². The van der Waals surface area contributed by atoms with Crippen LogP contribution in [0.2, 0.25) is 0 Å². The van der Waals surface area contributed by atoms with Crippen LogP contribution in [-0.2, 0) is 14.3 Å². The van der Waals surface area contributed by atoms with Crippen molar-refractivity contribution in [3.8, 4) is 0 Å². The van der Waals surface area contributed by atoms with E-state index in [-0.39, 0.29) is 12.7 Å². The molecule has 0 aliphatic rings. The summed E-state index contributed by atoms with van der Waals surface area (Å²) in [5, 5.41) is 1.77. The Labute approximate surface area is 94.4 Å². The lowest BCUT2D eigenvalue weighted by Gasteiger charge is -2.06. The Balaban J connectivity index is 2.85. The smallest absolute Gasteiger partial charge is 0.397 e. The van der Waals surface area contributed by atoms with Crippen molar-refractivity contribution in [2.24, 2.45) is 0 Å². The maximum atomic E-state index is 13.1. The minimum absolute atomic E-state index is 0.0352. The normalized spacial score (nSPS) is 9.88. The van der Waals surface area contributed by atoms with Crippen LogP contribution in [0.4, 0.5) is 18.9 Å². The summed E-state index contributed by atoms with van der Waals surface area (Å²) in [5.41, 5.74) is -0.637. The van der Waals surface area contributed by atoms with Crippen LogP contribution in [0.5, 0.6) is 0 Å². The summed E-state index contributed by atoms with van der Waals surface area (Å²) < 4.78 is 42.7. The number of esters is 1. The first-order valence-electron chi connectivity index (χ1n) is 4.58. The van der Waals surface area contributed by atoms with Gasteiger partial charge in [-0.25, -0.2) is 18.0 Å². The van der Waals surface area contributed by atoms with Gasteiger partial charge in [-0.15, -0.1) is 0 Å². The van der Waals surface area contributed by atoms with Crippen LogP contribution in [0.3, 0.4) is 0 Å².